The summed E-state index contributed by atoms with van der Waals surface area (Å²) in [7, 11) is 0. The molecule has 11 aromatic rings. The summed E-state index contributed by atoms with van der Waals surface area (Å²) >= 11 is 0. The third kappa shape index (κ3) is 5.91. The third-order valence-corrected chi connectivity index (χ3v) is 11.5. The molecule has 1 aromatic heterocycles. The van der Waals surface area contributed by atoms with Gasteiger partial charge in [0.05, 0.1) is 5.69 Å². The van der Waals surface area contributed by atoms with E-state index in [0.717, 1.165) is 55.5 Å². The number of anilines is 3. The zero-order valence-corrected chi connectivity index (χ0v) is 31.7. The van der Waals surface area contributed by atoms with Crippen molar-refractivity contribution in [3.8, 4) is 44.5 Å². The first-order valence-corrected chi connectivity index (χ1v) is 19.8. The smallest absolute Gasteiger partial charge is 0.143 e. The lowest BCUT2D eigenvalue weighted by Crippen LogP contribution is -2.11. The molecule has 0 aliphatic carbocycles. The maximum absolute atomic E-state index is 6.54. The van der Waals surface area contributed by atoms with Gasteiger partial charge in [0.2, 0.25) is 0 Å². The average molecular weight is 740 g/mol. The summed E-state index contributed by atoms with van der Waals surface area (Å²) in [6.45, 7) is 0. The van der Waals surface area contributed by atoms with Crippen LogP contribution in [0.25, 0.3) is 88.0 Å². The van der Waals surface area contributed by atoms with Gasteiger partial charge in [-0.1, -0.05) is 170 Å². The number of fused-ring (bicyclic) bond motifs is 6. The quantitative estimate of drug-likeness (QED) is 0.162. The summed E-state index contributed by atoms with van der Waals surface area (Å²) in [5.41, 5.74) is 14.5. The van der Waals surface area contributed by atoms with Crippen LogP contribution in [0.5, 0.6) is 0 Å². The minimum atomic E-state index is 0.897. The third-order valence-electron chi connectivity index (χ3n) is 11.5. The molecule has 1 heterocycles. The summed E-state index contributed by atoms with van der Waals surface area (Å²) in [4.78, 5) is 2.38. The van der Waals surface area contributed by atoms with Crippen molar-refractivity contribution in [2.45, 2.75) is 0 Å². The van der Waals surface area contributed by atoms with Gasteiger partial charge in [-0.15, -0.1) is 0 Å². The van der Waals surface area contributed by atoms with Gasteiger partial charge in [-0.25, -0.2) is 0 Å². The lowest BCUT2D eigenvalue weighted by molar-refractivity contribution is 0.673. The summed E-state index contributed by atoms with van der Waals surface area (Å²) in [5.74, 6) is 0. The van der Waals surface area contributed by atoms with Gasteiger partial charge in [0.1, 0.15) is 11.2 Å². The second-order valence-electron chi connectivity index (χ2n) is 14.9. The minimum Gasteiger partial charge on any atom is -0.455 e. The van der Waals surface area contributed by atoms with E-state index in [1.807, 2.05) is 0 Å². The van der Waals surface area contributed by atoms with Crippen LogP contribution in [0.15, 0.2) is 229 Å². The Hall–Kier alpha value is -7.68. The average Bonchev–Trinajstić information content (AvgIpc) is 3.70. The molecule has 0 saturated carbocycles. The number of para-hydroxylation sites is 1. The summed E-state index contributed by atoms with van der Waals surface area (Å²) in [5, 5.41) is 7.09. The van der Waals surface area contributed by atoms with Crippen LogP contribution < -0.4 is 4.90 Å². The van der Waals surface area contributed by atoms with Crippen LogP contribution in [0.4, 0.5) is 17.1 Å². The van der Waals surface area contributed by atoms with E-state index in [2.05, 4.69) is 229 Å². The Morgan fingerprint density at radius 2 is 0.862 bits per heavy atom. The minimum absolute atomic E-state index is 0.897. The predicted molar refractivity (Wildman–Crippen MR) is 245 cm³/mol. The number of hydrogen-bond donors (Lipinski definition) is 0. The van der Waals surface area contributed by atoms with E-state index < -0.39 is 0 Å². The number of nitrogens with zero attached hydrogens (tertiary/aromatic N) is 1. The zero-order chi connectivity index (χ0) is 38.4. The second kappa shape index (κ2) is 14.1. The van der Waals surface area contributed by atoms with Crippen molar-refractivity contribution in [2.75, 3.05) is 4.90 Å². The molecule has 11 rings (SSSR count). The van der Waals surface area contributed by atoms with E-state index in [9.17, 15) is 0 Å². The van der Waals surface area contributed by atoms with Gasteiger partial charge in [-0.3, -0.25) is 0 Å². The number of benzene rings is 10. The molecule has 58 heavy (non-hydrogen) atoms. The van der Waals surface area contributed by atoms with Crippen LogP contribution in [-0.2, 0) is 0 Å². The summed E-state index contributed by atoms with van der Waals surface area (Å²) < 4.78 is 6.54. The highest BCUT2D eigenvalue weighted by molar-refractivity contribution is 6.19. The molecule has 272 valence electrons. The van der Waals surface area contributed by atoms with Gasteiger partial charge in [-0.2, -0.15) is 0 Å². The molecule has 2 nitrogen and oxygen atoms in total. The van der Waals surface area contributed by atoms with Crippen molar-refractivity contribution in [3.63, 3.8) is 0 Å². The summed E-state index contributed by atoms with van der Waals surface area (Å²) in [6.07, 6.45) is 0. The molecule has 0 saturated heterocycles. The van der Waals surface area contributed by atoms with E-state index in [4.69, 9.17) is 4.42 Å². The van der Waals surface area contributed by atoms with Gasteiger partial charge < -0.3 is 9.32 Å². The van der Waals surface area contributed by atoms with Gasteiger partial charge in [0, 0.05) is 33.1 Å². The Balaban J connectivity index is 0.996. The normalized spacial score (nSPS) is 11.4. The summed E-state index contributed by atoms with van der Waals surface area (Å²) in [6, 6.07) is 80.6. The fourth-order valence-electron chi connectivity index (χ4n) is 8.59. The molecular formula is C56H37NO. The largest absolute Gasteiger partial charge is 0.455 e. The van der Waals surface area contributed by atoms with Crippen molar-refractivity contribution in [2.24, 2.45) is 0 Å². The van der Waals surface area contributed by atoms with E-state index in [-0.39, 0.29) is 0 Å². The van der Waals surface area contributed by atoms with Crippen molar-refractivity contribution in [1.29, 1.82) is 0 Å². The lowest BCUT2D eigenvalue weighted by Gasteiger charge is -2.28. The fourth-order valence-corrected chi connectivity index (χ4v) is 8.59. The molecule has 10 aromatic carbocycles. The molecule has 0 bridgehead atoms. The molecular weight excluding hydrogens is 703 g/mol. The number of furan rings is 1. The van der Waals surface area contributed by atoms with Crippen molar-refractivity contribution >= 4 is 60.5 Å². The molecule has 0 atom stereocenters. The van der Waals surface area contributed by atoms with E-state index in [1.54, 1.807) is 0 Å². The van der Waals surface area contributed by atoms with Gasteiger partial charge in [0.15, 0.2) is 0 Å². The van der Waals surface area contributed by atoms with E-state index in [0.29, 0.717) is 0 Å². The Kier molecular flexibility index (Phi) is 8.19. The molecule has 0 spiro atoms. The standard InChI is InChI=1S/C56H37NO/c1-2-13-40(14-3-1)49-19-8-9-22-53(49)57(47-31-26-39(27-32-47)44-17-10-18-45(36-44)46-25-24-38-12-4-5-16-43(38)37-46)48-33-28-42(29-34-48)50-21-11-23-54-55(50)52-35-30-41-15-6-7-20-51(41)56(52)58-54/h1-37H. The lowest BCUT2D eigenvalue weighted by atomic mass is 9.96. The van der Waals surface area contributed by atoms with Crippen molar-refractivity contribution in [1.82, 2.24) is 0 Å². The molecule has 0 amide bonds. The number of rotatable bonds is 7. The first-order valence-electron chi connectivity index (χ1n) is 19.8. The van der Waals surface area contributed by atoms with Gasteiger partial charge in [0.25, 0.3) is 0 Å². The predicted octanol–water partition coefficient (Wildman–Crippen LogP) is 16.0. The van der Waals surface area contributed by atoms with Crippen LogP contribution in [-0.4, -0.2) is 0 Å². The first-order chi connectivity index (χ1) is 28.7. The highest BCUT2D eigenvalue weighted by Gasteiger charge is 2.19. The monoisotopic (exact) mass is 739 g/mol. The maximum atomic E-state index is 6.54. The van der Waals surface area contributed by atoms with Crippen LogP contribution in [0.3, 0.4) is 0 Å². The molecule has 0 fully saturated rings. The molecule has 0 unspecified atom stereocenters. The second-order valence-corrected chi connectivity index (χ2v) is 14.9. The molecule has 0 N–H and O–H groups in total. The molecule has 2 heteroatoms. The van der Waals surface area contributed by atoms with Crippen LogP contribution in [0.2, 0.25) is 0 Å². The highest BCUT2D eigenvalue weighted by Crippen LogP contribution is 2.44. The Labute approximate surface area is 337 Å². The van der Waals surface area contributed by atoms with Gasteiger partial charge in [-0.05, 0) is 110 Å². The molecule has 0 aliphatic rings. The molecule has 0 radical (unpaired) electrons. The molecule has 0 aliphatic heterocycles. The van der Waals surface area contributed by atoms with Crippen LogP contribution in [0, 0.1) is 0 Å². The van der Waals surface area contributed by atoms with Crippen molar-refractivity contribution < 1.29 is 4.42 Å². The maximum Gasteiger partial charge on any atom is 0.143 e. The van der Waals surface area contributed by atoms with E-state index >= 15 is 0 Å². The Morgan fingerprint density at radius 1 is 0.310 bits per heavy atom. The number of hydrogen-bond acceptors (Lipinski definition) is 2. The first kappa shape index (κ1) is 33.6. The van der Waals surface area contributed by atoms with E-state index in [1.165, 1.54) is 49.5 Å². The topological polar surface area (TPSA) is 16.4 Å². The highest BCUT2D eigenvalue weighted by atomic mass is 16.3. The fraction of sp³-hybridized carbons (Fsp3) is 0. The van der Waals surface area contributed by atoms with Crippen molar-refractivity contribution in [3.05, 3.63) is 224 Å². The zero-order valence-electron chi connectivity index (χ0n) is 31.7. The Morgan fingerprint density at radius 3 is 1.67 bits per heavy atom. The van der Waals surface area contributed by atoms with Crippen LogP contribution in [0.1, 0.15) is 0 Å². The van der Waals surface area contributed by atoms with Crippen LogP contribution >= 0.6 is 0 Å². The van der Waals surface area contributed by atoms with Gasteiger partial charge >= 0.3 is 0 Å². The SMILES string of the molecule is c1ccc(-c2ccccc2N(c2ccc(-c3cccc(-c4ccc5ccccc5c4)c3)cc2)c2ccc(-c3cccc4oc5c6ccccc6ccc5c34)cc2)cc1. The Bertz CT molecular complexity index is 3270.